The quantitative estimate of drug-likeness (QED) is 0.697. The Kier molecular flexibility index (Phi) is 6.11. The van der Waals surface area contributed by atoms with Crippen LogP contribution in [0.1, 0.15) is 44.3 Å². The molecule has 0 radical (unpaired) electrons. The van der Waals surface area contributed by atoms with Crippen LogP contribution in [0, 0.1) is 11.8 Å². The van der Waals surface area contributed by atoms with Crippen molar-refractivity contribution in [3.63, 3.8) is 0 Å². The number of aromatic nitrogens is 3. The molecule has 1 N–H and O–H groups in total. The maximum absolute atomic E-state index is 12.8. The Morgan fingerprint density at radius 3 is 2.55 bits per heavy atom. The van der Waals surface area contributed by atoms with Crippen molar-refractivity contribution in [2.75, 3.05) is 29.9 Å². The fourth-order valence-corrected chi connectivity index (χ4v) is 4.78. The number of para-hydroxylation sites is 2. The average Bonchev–Trinajstić information content (AvgIpc) is 3.55. The molecule has 1 saturated heterocycles. The van der Waals surface area contributed by atoms with Crippen LogP contribution >= 0.6 is 0 Å². The number of fused-ring (bicyclic) bond motifs is 1. The number of anilines is 2. The molecule has 2 aromatic rings. The number of nitrogens with zero attached hydrogens (tertiary/aromatic N) is 5. The standard InChI is InChI=1S/C24H30N6O3/c31-22-15-30(20-4-2-1-3-19(20)26-22)24(33)8-7-23(32)28-11-9-17(10-12-28)13-21-27-25-16-29(21)14-18-5-6-18/h1-4,16-18H,5-15H2,(H,26,31). The second-order valence-corrected chi connectivity index (χ2v) is 9.42. The molecule has 1 aliphatic carbocycles. The zero-order valence-electron chi connectivity index (χ0n) is 18.8. The van der Waals surface area contributed by atoms with Gasteiger partial charge in [0.1, 0.15) is 18.7 Å². The van der Waals surface area contributed by atoms with Crippen LogP contribution in [0.2, 0.25) is 0 Å². The molecule has 0 spiro atoms. The van der Waals surface area contributed by atoms with Crippen LogP contribution in [0.3, 0.4) is 0 Å². The number of likely N-dealkylation sites (tertiary alicyclic amines) is 1. The Hall–Kier alpha value is -3.23. The Morgan fingerprint density at radius 2 is 1.76 bits per heavy atom. The van der Waals surface area contributed by atoms with Crippen LogP contribution in [0.5, 0.6) is 0 Å². The smallest absolute Gasteiger partial charge is 0.244 e. The van der Waals surface area contributed by atoms with Gasteiger partial charge in [0.15, 0.2) is 0 Å². The summed E-state index contributed by atoms with van der Waals surface area (Å²) in [4.78, 5) is 40.9. The first-order chi connectivity index (χ1) is 16.1. The predicted octanol–water partition coefficient (Wildman–Crippen LogP) is 2.23. The Morgan fingerprint density at radius 1 is 1.00 bits per heavy atom. The number of benzene rings is 1. The summed E-state index contributed by atoms with van der Waals surface area (Å²) in [6, 6.07) is 7.23. The number of carbonyl (C=O) groups is 3. The molecule has 1 aromatic carbocycles. The normalized spacial score (nSPS) is 18.7. The summed E-state index contributed by atoms with van der Waals surface area (Å²) in [6.45, 7) is 2.43. The third-order valence-electron chi connectivity index (χ3n) is 6.91. The molecule has 9 heteroatoms. The third-order valence-corrected chi connectivity index (χ3v) is 6.91. The van der Waals surface area contributed by atoms with Crippen molar-refractivity contribution >= 4 is 29.1 Å². The highest BCUT2D eigenvalue weighted by Gasteiger charge is 2.29. The zero-order valence-corrected chi connectivity index (χ0v) is 18.8. The average molecular weight is 451 g/mol. The lowest BCUT2D eigenvalue weighted by Gasteiger charge is -2.32. The van der Waals surface area contributed by atoms with E-state index in [-0.39, 0.29) is 37.1 Å². The minimum Gasteiger partial charge on any atom is -0.343 e. The van der Waals surface area contributed by atoms with Crippen molar-refractivity contribution < 1.29 is 14.4 Å². The molecule has 2 fully saturated rings. The topological polar surface area (TPSA) is 100 Å². The Bertz CT molecular complexity index is 1040. The molecule has 174 valence electrons. The van der Waals surface area contributed by atoms with Crippen LogP contribution in [-0.4, -0.2) is 57.0 Å². The van der Waals surface area contributed by atoms with Crippen molar-refractivity contribution in [3.05, 3.63) is 36.4 Å². The highest BCUT2D eigenvalue weighted by molar-refractivity contribution is 6.10. The van der Waals surface area contributed by atoms with Gasteiger partial charge in [0, 0.05) is 38.9 Å². The van der Waals surface area contributed by atoms with Crippen LogP contribution < -0.4 is 10.2 Å². The predicted molar refractivity (Wildman–Crippen MR) is 122 cm³/mol. The fourth-order valence-electron chi connectivity index (χ4n) is 4.78. The van der Waals surface area contributed by atoms with Gasteiger partial charge in [-0.15, -0.1) is 10.2 Å². The summed E-state index contributed by atoms with van der Waals surface area (Å²) in [5.74, 6) is 1.94. The van der Waals surface area contributed by atoms with Crippen molar-refractivity contribution in [2.24, 2.45) is 11.8 Å². The zero-order chi connectivity index (χ0) is 22.8. The second-order valence-electron chi connectivity index (χ2n) is 9.42. The summed E-state index contributed by atoms with van der Waals surface area (Å²) in [6.07, 6.45) is 7.50. The number of amides is 3. The van der Waals surface area contributed by atoms with E-state index in [1.165, 1.54) is 17.7 Å². The van der Waals surface area contributed by atoms with Gasteiger partial charge < -0.3 is 19.7 Å². The van der Waals surface area contributed by atoms with Gasteiger partial charge in [-0.05, 0) is 49.7 Å². The largest absolute Gasteiger partial charge is 0.343 e. The number of piperidine rings is 1. The van der Waals surface area contributed by atoms with E-state index in [9.17, 15) is 14.4 Å². The van der Waals surface area contributed by atoms with Gasteiger partial charge in [-0.25, -0.2) is 0 Å². The first kappa shape index (κ1) is 21.6. The molecule has 0 bridgehead atoms. The first-order valence-corrected chi connectivity index (χ1v) is 11.9. The SMILES string of the molecule is O=C1CN(C(=O)CCC(=O)N2CCC(Cc3nncn3CC3CC3)CC2)c2ccccc2N1. The van der Waals surface area contributed by atoms with Crippen molar-refractivity contribution in [2.45, 2.75) is 51.5 Å². The molecule has 3 heterocycles. The summed E-state index contributed by atoms with van der Waals surface area (Å²) in [5, 5.41) is 11.2. The highest BCUT2D eigenvalue weighted by Crippen LogP contribution is 2.32. The van der Waals surface area contributed by atoms with Crippen LogP contribution in [-0.2, 0) is 27.3 Å². The number of hydrogen-bond acceptors (Lipinski definition) is 5. The van der Waals surface area contributed by atoms with E-state index in [0.717, 1.165) is 37.5 Å². The minimum atomic E-state index is -0.219. The molecule has 33 heavy (non-hydrogen) atoms. The van der Waals surface area contributed by atoms with E-state index >= 15 is 0 Å². The van der Waals surface area contributed by atoms with Crippen LogP contribution in [0.25, 0.3) is 0 Å². The molecule has 0 atom stereocenters. The minimum absolute atomic E-state index is 0.00782. The molecular formula is C24H30N6O3. The van der Waals surface area contributed by atoms with Crippen LogP contribution in [0.15, 0.2) is 30.6 Å². The van der Waals surface area contributed by atoms with Gasteiger partial charge in [-0.2, -0.15) is 0 Å². The number of nitrogens with one attached hydrogen (secondary N) is 1. The van der Waals surface area contributed by atoms with Gasteiger partial charge in [-0.3, -0.25) is 14.4 Å². The molecular weight excluding hydrogens is 420 g/mol. The molecule has 5 rings (SSSR count). The lowest BCUT2D eigenvalue weighted by molar-refractivity contribution is -0.134. The number of rotatable bonds is 7. The van der Waals surface area contributed by atoms with E-state index in [0.29, 0.717) is 30.4 Å². The van der Waals surface area contributed by atoms with Crippen molar-refractivity contribution in [1.82, 2.24) is 19.7 Å². The molecule has 0 unspecified atom stereocenters. The molecule has 3 amide bonds. The van der Waals surface area contributed by atoms with Gasteiger partial charge in [0.05, 0.1) is 11.4 Å². The monoisotopic (exact) mass is 450 g/mol. The maximum atomic E-state index is 12.8. The molecule has 1 aromatic heterocycles. The molecule has 2 aliphatic heterocycles. The lowest BCUT2D eigenvalue weighted by atomic mass is 9.93. The van der Waals surface area contributed by atoms with Gasteiger partial charge in [-0.1, -0.05) is 12.1 Å². The van der Waals surface area contributed by atoms with Gasteiger partial charge >= 0.3 is 0 Å². The third kappa shape index (κ3) is 5.07. The Labute approximate surface area is 193 Å². The second kappa shape index (κ2) is 9.33. The summed E-state index contributed by atoms with van der Waals surface area (Å²) in [5.41, 5.74) is 1.31. The van der Waals surface area contributed by atoms with Gasteiger partial charge in [0.2, 0.25) is 17.7 Å². The van der Waals surface area contributed by atoms with Crippen LogP contribution in [0.4, 0.5) is 11.4 Å². The number of hydrogen-bond donors (Lipinski definition) is 1. The first-order valence-electron chi connectivity index (χ1n) is 11.9. The number of carbonyl (C=O) groups excluding carboxylic acids is 3. The van der Waals surface area contributed by atoms with E-state index in [1.807, 2.05) is 29.4 Å². The van der Waals surface area contributed by atoms with E-state index in [1.54, 1.807) is 6.07 Å². The molecule has 3 aliphatic rings. The van der Waals surface area contributed by atoms with Crippen molar-refractivity contribution in [3.8, 4) is 0 Å². The van der Waals surface area contributed by atoms with Crippen molar-refractivity contribution in [1.29, 1.82) is 0 Å². The summed E-state index contributed by atoms with van der Waals surface area (Å²) in [7, 11) is 0. The fraction of sp³-hybridized carbons (Fsp3) is 0.542. The van der Waals surface area contributed by atoms with E-state index < -0.39 is 0 Å². The van der Waals surface area contributed by atoms with E-state index in [2.05, 4.69) is 20.1 Å². The van der Waals surface area contributed by atoms with E-state index in [4.69, 9.17) is 0 Å². The summed E-state index contributed by atoms with van der Waals surface area (Å²) >= 11 is 0. The molecule has 1 saturated carbocycles. The van der Waals surface area contributed by atoms with Gasteiger partial charge in [0.25, 0.3) is 0 Å². The summed E-state index contributed by atoms with van der Waals surface area (Å²) < 4.78 is 2.19. The maximum Gasteiger partial charge on any atom is 0.244 e. The Balaban J connectivity index is 1.09. The lowest BCUT2D eigenvalue weighted by Crippen LogP contribution is -2.43. The highest BCUT2D eigenvalue weighted by atomic mass is 16.2. The molecule has 9 nitrogen and oxygen atoms in total.